The molecule has 2 aromatic heterocycles. The lowest BCUT2D eigenvalue weighted by Gasteiger charge is -2.32. The summed E-state index contributed by atoms with van der Waals surface area (Å²) in [4.78, 5) is 19.0. The van der Waals surface area contributed by atoms with E-state index in [0.717, 1.165) is 29.0 Å². The predicted octanol–water partition coefficient (Wildman–Crippen LogP) is 4.81. The molecule has 1 saturated carbocycles. The van der Waals surface area contributed by atoms with E-state index in [-0.39, 0.29) is 18.4 Å². The van der Waals surface area contributed by atoms with Gasteiger partial charge >= 0.3 is 0 Å². The minimum absolute atomic E-state index is 0.00925. The van der Waals surface area contributed by atoms with E-state index in [1.165, 1.54) is 0 Å². The fraction of sp³-hybridized carbons (Fsp3) is 0.480. The van der Waals surface area contributed by atoms with Crippen molar-refractivity contribution in [3.05, 3.63) is 59.0 Å². The monoisotopic (exact) mass is 489 g/mol. The second-order valence-electron chi connectivity index (χ2n) is 9.61. The molecule has 2 atom stereocenters. The Morgan fingerprint density at radius 1 is 1.29 bits per heavy atom. The number of benzene rings is 1. The topological polar surface area (TPSA) is 73.9 Å². The molecular formula is C25H30ClF2N5O. The van der Waals surface area contributed by atoms with Gasteiger partial charge in [-0.3, -0.25) is 14.9 Å². The second-order valence-corrected chi connectivity index (χ2v) is 10.0. The number of halogens is 3. The highest BCUT2D eigenvalue weighted by molar-refractivity contribution is 6.32. The van der Waals surface area contributed by atoms with E-state index < -0.39 is 17.3 Å². The minimum atomic E-state index is -2.87. The Kier molecular flexibility index (Phi) is 6.92. The highest BCUT2D eigenvalue weighted by Gasteiger charge is 2.63. The summed E-state index contributed by atoms with van der Waals surface area (Å²) in [5, 5.41) is 11.5. The van der Waals surface area contributed by atoms with Gasteiger partial charge in [0.15, 0.2) is 0 Å². The summed E-state index contributed by atoms with van der Waals surface area (Å²) < 4.78 is 29.1. The van der Waals surface area contributed by atoms with Crippen LogP contribution in [0.5, 0.6) is 0 Å². The van der Waals surface area contributed by atoms with E-state index in [0.29, 0.717) is 30.8 Å². The van der Waals surface area contributed by atoms with Gasteiger partial charge in [-0.25, -0.2) is 8.78 Å². The molecule has 0 aliphatic heterocycles. The zero-order valence-corrected chi connectivity index (χ0v) is 20.4. The standard InChI is InChI=1S/C25H30ClF2N5O/c1-24(27,28)25(6-7-25)20(16-4-8-29-9-5-16)12-23(34)30-15-19(33(2)3)11-17-10-18-14-31-32-22(18)13-21(17)26/h4-5,8-10,13-14,19-20H,6-7,11-12,15H2,1-3H3,(H,30,34)(H,31,32)/t19-,20-/m0/s1. The number of alkyl halides is 2. The third kappa shape index (κ3) is 5.08. The summed E-state index contributed by atoms with van der Waals surface area (Å²) in [7, 11) is 3.88. The number of aromatic nitrogens is 3. The summed E-state index contributed by atoms with van der Waals surface area (Å²) in [6.07, 6.45) is 6.38. The molecule has 1 aliphatic carbocycles. The Morgan fingerprint density at radius 2 is 2.00 bits per heavy atom. The van der Waals surface area contributed by atoms with Crippen LogP contribution in [0.1, 0.15) is 43.2 Å². The Hall–Kier alpha value is -2.58. The second kappa shape index (κ2) is 9.58. The van der Waals surface area contributed by atoms with Crippen molar-refractivity contribution >= 4 is 28.4 Å². The van der Waals surface area contributed by atoms with Gasteiger partial charge in [-0.2, -0.15) is 5.10 Å². The number of rotatable bonds is 10. The molecule has 9 heteroatoms. The number of pyridine rings is 1. The van der Waals surface area contributed by atoms with Gasteiger partial charge in [-0.05, 0) is 75.7 Å². The van der Waals surface area contributed by atoms with Gasteiger partial charge in [0.2, 0.25) is 5.91 Å². The third-order valence-corrected chi connectivity index (χ3v) is 7.51. The molecule has 6 nitrogen and oxygen atoms in total. The lowest BCUT2D eigenvalue weighted by atomic mass is 9.77. The van der Waals surface area contributed by atoms with Crippen LogP contribution in [0.25, 0.3) is 10.9 Å². The molecule has 1 fully saturated rings. The number of likely N-dealkylation sites (N-methyl/N-ethyl adjacent to an activating group) is 1. The molecule has 4 rings (SSSR count). The number of hydrogen-bond donors (Lipinski definition) is 2. The van der Waals surface area contributed by atoms with E-state index >= 15 is 0 Å². The number of H-pyrrole nitrogens is 1. The normalized spacial score (nSPS) is 17.0. The summed E-state index contributed by atoms with van der Waals surface area (Å²) in [6, 6.07) is 7.30. The van der Waals surface area contributed by atoms with Gasteiger partial charge in [0.1, 0.15) is 0 Å². The SMILES string of the molecule is CN(C)[C@H](CNC(=O)C[C@@H](c1ccncc1)C1(C(C)(F)F)CC1)Cc1cc2cn[nH]c2cc1Cl. The van der Waals surface area contributed by atoms with Crippen molar-refractivity contribution < 1.29 is 13.6 Å². The lowest BCUT2D eigenvalue weighted by Crippen LogP contribution is -2.43. The van der Waals surface area contributed by atoms with Gasteiger partial charge < -0.3 is 10.2 Å². The van der Waals surface area contributed by atoms with Gasteiger partial charge in [0.05, 0.1) is 11.7 Å². The number of carbonyl (C=O) groups excluding carboxylic acids is 1. The van der Waals surface area contributed by atoms with E-state index in [1.54, 1.807) is 30.7 Å². The Balaban J connectivity index is 1.45. The third-order valence-electron chi connectivity index (χ3n) is 7.16. The van der Waals surface area contributed by atoms with Crippen LogP contribution in [0, 0.1) is 5.41 Å². The molecule has 1 aliphatic rings. The molecule has 0 bridgehead atoms. The largest absolute Gasteiger partial charge is 0.355 e. The lowest BCUT2D eigenvalue weighted by molar-refractivity contribution is -0.123. The van der Waals surface area contributed by atoms with Crippen molar-refractivity contribution in [1.29, 1.82) is 0 Å². The van der Waals surface area contributed by atoms with Crippen molar-refractivity contribution in [1.82, 2.24) is 25.4 Å². The molecule has 2 N–H and O–H groups in total. The Morgan fingerprint density at radius 3 is 2.62 bits per heavy atom. The molecule has 0 spiro atoms. The highest BCUT2D eigenvalue weighted by Crippen LogP contribution is 2.65. The van der Waals surface area contributed by atoms with Crippen molar-refractivity contribution in [2.45, 2.75) is 50.5 Å². The summed E-state index contributed by atoms with van der Waals surface area (Å²) in [5.41, 5.74) is 1.38. The van der Waals surface area contributed by atoms with Crippen LogP contribution in [-0.4, -0.2) is 58.6 Å². The molecule has 2 heterocycles. The fourth-order valence-corrected chi connectivity index (χ4v) is 5.05. The molecular weight excluding hydrogens is 460 g/mol. The van der Waals surface area contributed by atoms with Crippen molar-refractivity contribution in [2.75, 3.05) is 20.6 Å². The summed E-state index contributed by atoms with van der Waals surface area (Å²) in [5.74, 6) is -3.66. The van der Waals surface area contributed by atoms with Gasteiger partial charge in [0.25, 0.3) is 5.92 Å². The van der Waals surface area contributed by atoms with Crippen LogP contribution in [0.15, 0.2) is 42.9 Å². The molecule has 0 radical (unpaired) electrons. The summed E-state index contributed by atoms with van der Waals surface area (Å²) in [6.45, 7) is 1.35. The fourth-order valence-electron chi connectivity index (χ4n) is 4.81. The van der Waals surface area contributed by atoms with Crippen LogP contribution in [0.3, 0.4) is 0 Å². The maximum Gasteiger partial charge on any atom is 0.251 e. The van der Waals surface area contributed by atoms with Crippen molar-refractivity contribution in [3.8, 4) is 0 Å². The number of hydrogen-bond acceptors (Lipinski definition) is 4. The zero-order chi connectivity index (χ0) is 24.5. The minimum Gasteiger partial charge on any atom is -0.355 e. The molecule has 3 aromatic rings. The van der Waals surface area contributed by atoms with Crippen LogP contribution < -0.4 is 5.32 Å². The number of fused-ring (bicyclic) bond motifs is 1. The first-order valence-electron chi connectivity index (χ1n) is 11.4. The van der Waals surface area contributed by atoms with Gasteiger partial charge in [-0.1, -0.05) is 11.6 Å². The molecule has 182 valence electrons. The Bertz CT molecular complexity index is 1140. The van der Waals surface area contributed by atoms with E-state index in [4.69, 9.17) is 11.6 Å². The zero-order valence-electron chi connectivity index (χ0n) is 19.6. The number of nitrogens with one attached hydrogen (secondary N) is 2. The number of amides is 1. The van der Waals surface area contributed by atoms with E-state index in [9.17, 15) is 13.6 Å². The van der Waals surface area contributed by atoms with Crippen LogP contribution in [0.2, 0.25) is 5.02 Å². The van der Waals surface area contributed by atoms with Crippen LogP contribution in [-0.2, 0) is 11.2 Å². The number of nitrogens with zero attached hydrogens (tertiary/aromatic N) is 3. The van der Waals surface area contributed by atoms with E-state index in [2.05, 4.69) is 20.5 Å². The first-order chi connectivity index (χ1) is 16.1. The van der Waals surface area contributed by atoms with Crippen molar-refractivity contribution in [2.24, 2.45) is 5.41 Å². The molecule has 1 amide bonds. The van der Waals surface area contributed by atoms with Gasteiger partial charge in [-0.15, -0.1) is 0 Å². The Labute approximate surface area is 203 Å². The number of carbonyl (C=O) groups is 1. The number of aromatic amines is 1. The van der Waals surface area contributed by atoms with E-state index in [1.807, 2.05) is 31.1 Å². The molecule has 1 aromatic carbocycles. The smallest absolute Gasteiger partial charge is 0.251 e. The quantitative estimate of drug-likeness (QED) is 0.428. The first-order valence-corrected chi connectivity index (χ1v) is 11.8. The molecule has 34 heavy (non-hydrogen) atoms. The molecule has 0 saturated heterocycles. The average Bonchev–Trinajstić information content (AvgIpc) is 3.49. The maximum atomic E-state index is 14.6. The molecule has 0 unspecified atom stereocenters. The van der Waals surface area contributed by atoms with Crippen molar-refractivity contribution in [3.63, 3.8) is 0 Å². The van der Waals surface area contributed by atoms with Gasteiger partial charge in [0, 0.05) is 53.1 Å². The van der Waals surface area contributed by atoms with Crippen LogP contribution in [0.4, 0.5) is 8.78 Å². The summed E-state index contributed by atoms with van der Waals surface area (Å²) >= 11 is 6.48. The predicted molar refractivity (Wildman–Crippen MR) is 129 cm³/mol. The maximum absolute atomic E-state index is 14.6. The first kappa shape index (κ1) is 24.5. The highest BCUT2D eigenvalue weighted by atomic mass is 35.5. The van der Waals surface area contributed by atoms with Crippen LogP contribution >= 0.6 is 11.6 Å². The average molecular weight is 490 g/mol.